The first-order valence-electron chi connectivity index (χ1n) is 15.6. The van der Waals surface area contributed by atoms with E-state index in [0.29, 0.717) is 42.1 Å². The van der Waals surface area contributed by atoms with E-state index >= 15 is 0 Å². The lowest BCUT2D eigenvalue weighted by atomic mass is 9.82. The molecule has 0 aliphatic carbocycles. The van der Waals surface area contributed by atoms with E-state index in [4.69, 9.17) is 4.74 Å². The molecule has 0 radical (unpaired) electrons. The van der Waals surface area contributed by atoms with Gasteiger partial charge in [-0.1, -0.05) is 42.5 Å². The molecule has 44 heavy (non-hydrogen) atoms. The molecule has 11 nitrogen and oxygen atoms in total. The summed E-state index contributed by atoms with van der Waals surface area (Å²) in [5, 5.41) is 28.1. The van der Waals surface area contributed by atoms with Crippen molar-refractivity contribution in [2.75, 3.05) is 30.3 Å². The van der Waals surface area contributed by atoms with Crippen LogP contribution < -0.4 is 16.0 Å². The monoisotopic (exact) mass is 618 g/mol. The molecule has 1 aromatic heterocycles. The third kappa shape index (κ3) is 5.61. The molecule has 3 aliphatic rings. The number of anilines is 2. The minimum absolute atomic E-state index is 0.0357. The van der Waals surface area contributed by atoms with Crippen LogP contribution in [0.5, 0.6) is 0 Å². The molecule has 0 bridgehead atoms. The Morgan fingerprint density at radius 1 is 1.25 bits per heavy atom. The fourth-order valence-corrected chi connectivity index (χ4v) is 10.1. The number of piperidine rings is 1. The van der Waals surface area contributed by atoms with Gasteiger partial charge >= 0.3 is 0 Å². The van der Waals surface area contributed by atoms with Crippen LogP contribution in [0.15, 0.2) is 54.7 Å². The number of hydrogen-bond donors (Lipinski definition) is 5. The van der Waals surface area contributed by atoms with Crippen LogP contribution in [0, 0.1) is 11.8 Å². The van der Waals surface area contributed by atoms with Crippen molar-refractivity contribution in [3.8, 4) is 0 Å². The molecule has 2 saturated heterocycles. The second kappa shape index (κ2) is 12.2. The number of hydrogen-bond acceptors (Lipinski definition) is 8. The number of aliphatic hydroxyl groups excluding tert-OH is 1. The van der Waals surface area contributed by atoms with Gasteiger partial charge < -0.3 is 30.6 Å². The Morgan fingerprint density at radius 3 is 2.75 bits per heavy atom. The number of amides is 2. The minimum atomic E-state index is -2.82. The predicted octanol–water partition coefficient (Wildman–Crippen LogP) is 3.18. The maximum Gasteiger partial charge on any atom is 0.261 e. The zero-order chi connectivity index (χ0) is 31.1. The molecule has 6 atom stereocenters. The summed E-state index contributed by atoms with van der Waals surface area (Å²) in [6, 6.07) is 15.2. The van der Waals surface area contributed by atoms with Crippen LogP contribution in [-0.4, -0.2) is 70.8 Å². The first kappa shape index (κ1) is 30.6. The largest absolute Gasteiger partial charge is 0.432 e. The van der Waals surface area contributed by atoms with Crippen LogP contribution in [0.4, 0.5) is 11.4 Å². The number of benzene rings is 2. The molecular weight excluding hydrogens is 576 g/mol. The lowest BCUT2D eigenvalue weighted by Gasteiger charge is -2.32. The van der Waals surface area contributed by atoms with Crippen LogP contribution in [0.2, 0.25) is 18.6 Å². The van der Waals surface area contributed by atoms with Gasteiger partial charge in [-0.15, -0.1) is 5.10 Å². The van der Waals surface area contributed by atoms with Crippen molar-refractivity contribution in [2.45, 2.75) is 69.0 Å². The van der Waals surface area contributed by atoms with Gasteiger partial charge in [-0.05, 0) is 62.7 Å². The number of aromatic nitrogens is 3. The Hall–Kier alpha value is -3.42. The molecule has 2 fully saturated rings. The molecule has 3 aliphatic heterocycles. The van der Waals surface area contributed by atoms with E-state index in [-0.39, 0.29) is 41.7 Å². The van der Waals surface area contributed by atoms with Crippen molar-refractivity contribution in [1.82, 2.24) is 20.3 Å². The average molecular weight is 619 g/mol. The highest BCUT2D eigenvalue weighted by Gasteiger charge is 2.64. The van der Waals surface area contributed by atoms with Crippen molar-refractivity contribution >= 4 is 31.5 Å². The Labute approximate surface area is 258 Å². The van der Waals surface area contributed by atoms with E-state index in [0.717, 1.165) is 24.9 Å². The number of carbonyl (C=O) groups excluding carboxylic acids is 2. The van der Waals surface area contributed by atoms with E-state index in [1.165, 1.54) is 0 Å². The molecule has 0 saturated carbocycles. The fourth-order valence-electron chi connectivity index (χ4n) is 7.46. The van der Waals surface area contributed by atoms with Crippen LogP contribution >= 0.6 is 0 Å². The SMILES string of the molecule is C[C@H]1[C@H]([Si](C)(C)O)[C@@H](CCn2cc(C(CO)c3ccccc3)nn2)O[C@]12C(=O)Nc1ccc(NC(=O)C3CCCNC3)cc12. The molecular formula is C32H42N6O5Si. The summed E-state index contributed by atoms with van der Waals surface area (Å²) >= 11 is 0. The van der Waals surface area contributed by atoms with Crippen LogP contribution in [0.25, 0.3) is 0 Å². The van der Waals surface area contributed by atoms with Gasteiger partial charge in [0.05, 0.1) is 30.2 Å². The standard InChI is InChI=1S/C32H42N6O5Si/c1-20-29(44(2,3)42)28(13-15-38-18-27(36-37-38)24(19-39)21-8-5-4-6-9-21)43-32(20)25-16-23(11-12-26(25)35-31(32)41)34-30(40)22-10-7-14-33-17-22/h4-6,8-9,11-12,16,18,20,22,24,28-29,33,39,42H,7,10,13-15,17,19H2,1-3H3,(H,34,40)(H,35,41)/t20-,22?,24?,28+,29-,32+/m0/s1. The van der Waals surface area contributed by atoms with Gasteiger partial charge in [-0.25, -0.2) is 0 Å². The highest BCUT2D eigenvalue weighted by Crippen LogP contribution is 2.58. The number of carbonyl (C=O) groups is 2. The van der Waals surface area contributed by atoms with Gasteiger partial charge in [-0.3, -0.25) is 14.3 Å². The summed E-state index contributed by atoms with van der Waals surface area (Å²) in [5.41, 5.74) is 2.09. The smallest absolute Gasteiger partial charge is 0.261 e. The van der Waals surface area contributed by atoms with Gasteiger partial charge in [0.1, 0.15) is 0 Å². The maximum absolute atomic E-state index is 13.7. The zero-order valence-electron chi connectivity index (χ0n) is 25.5. The van der Waals surface area contributed by atoms with E-state index in [1.807, 2.05) is 74.7 Å². The lowest BCUT2D eigenvalue weighted by molar-refractivity contribution is -0.143. The number of nitrogens with zero attached hydrogens (tertiary/aromatic N) is 3. The van der Waals surface area contributed by atoms with Crippen LogP contribution in [0.1, 0.15) is 48.9 Å². The number of fused-ring (bicyclic) bond motifs is 2. The molecule has 12 heteroatoms. The van der Waals surface area contributed by atoms with Crippen LogP contribution in [0.3, 0.4) is 0 Å². The summed E-state index contributed by atoms with van der Waals surface area (Å²) in [5.74, 6) is -0.971. The molecule has 2 amide bonds. The Bertz CT molecular complexity index is 1500. The van der Waals surface area contributed by atoms with Gasteiger partial charge in [0.15, 0.2) is 13.9 Å². The van der Waals surface area contributed by atoms with Gasteiger partial charge in [0, 0.05) is 47.7 Å². The van der Waals surface area contributed by atoms with Gasteiger partial charge in [0.2, 0.25) is 5.91 Å². The normalized spacial score (nSPS) is 27.2. The Morgan fingerprint density at radius 2 is 2.05 bits per heavy atom. The number of ether oxygens (including phenoxy) is 1. The predicted molar refractivity (Wildman–Crippen MR) is 168 cm³/mol. The summed E-state index contributed by atoms with van der Waals surface area (Å²) in [6.45, 7) is 7.74. The molecule has 3 aromatic rings. The average Bonchev–Trinajstić information content (AvgIpc) is 3.68. The number of nitrogens with one attached hydrogen (secondary N) is 3. The molecule has 4 heterocycles. The first-order chi connectivity index (χ1) is 21.1. The first-order valence-corrected chi connectivity index (χ1v) is 18.6. The minimum Gasteiger partial charge on any atom is -0.432 e. The van der Waals surface area contributed by atoms with Gasteiger partial charge in [0.25, 0.3) is 5.91 Å². The van der Waals surface area contributed by atoms with Crippen LogP contribution in [-0.2, 0) is 26.5 Å². The van der Waals surface area contributed by atoms with Crippen molar-refractivity contribution in [3.63, 3.8) is 0 Å². The van der Waals surface area contributed by atoms with E-state index in [1.54, 1.807) is 4.68 Å². The topological polar surface area (TPSA) is 151 Å². The summed E-state index contributed by atoms with van der Waals surface area (Å²) in [6.07, 6.45) is 3.75. The Balaban J connectivity index is 1.23. The number of aryl methyl sites for hydroxylation is 1. The van der Waals surface area contributed by atoms with Crippen molar-refractivity contribution in [2.24, 2.45) is 11.8 Å². The molecule has 5 N–H and O–H groups in total. The summed E-state index contributed by atoms with van der Waals surface area (Å²) in [7, 11) is -2.82. The quantitative estimate of drug-likeness (QED) is 0.230. The highest BCUT2D eigenvalue weighted by atomic mass is 28.4. The van der Waals surface area contributed by atoms with Crippen molar-refractivity contribution in [1.29, 1.82) is 0 Å². The number of aliphatic hydroxyl groups is 1. The zero-order valence-corrected chi connectivity index (χ0v) is 26.5. The summed E-state index contributed by atoms with van der Waals surface area (Å²) < 4.78 is 8.52. The van der Waals surface area contributed by atoms with Gasteiger partial charge in [-0.2, -0.15) is 0 Å². The summed E-state index contributed by atoms with van der Waals surface area (Å²) in [4.78, 5) is 38.2. The van der Waals surface area contributed by atoms with Crippen molar-refractivity contribution < 1.29 is 24.2 Å². The second-order valence-corrected chi connectivity index (χ2v) is 16.9. The highest BCUT2D eigenvalue weighted by molar-refractivity contribution is 6.71. The number of rotatable bonds is 9. The molecule has 2 unspecified atom stereocenters. The van der Waals surface area contributed by atoms with E-state index in [2.05, 4.69) is 26.3 Å². The molecule has 2 aromatic carbocycles. The fraction of sp³-hybridized carbons (Fsp3) is 0.500. The van der Waals surface area contributed by atoms with E-state index < -0.39 is 20.0 Å². The lowest BCUT2D eigenvalue weighted by Crippen LogP contribution is -2.43. The van der Waals surface area contributed by atoms with E-state index in [9.17, 15) is 19.5 Å². The molecule has 6 rings (SSSR count). The third-order valence-corrected chi connectivity index (χ3v) is 12.1. The second-order valence-electron chi connectivity index (χ2n) is 12.9. The third-order valence-electron chi connectivity index (χ3n) is 9.61. The molecule has 1 spiro atoms. The maximum atomic E-state index is 13.7. The molecule has 234 valence electrons. The Kier molecular flexibility index (Phi) is 8.46. The van der Waals surface area contributed by atoms with Crippen molar-refractivity contribution in [3.05, 3.63) is 71.5 Å².